The number of nitrogens with zero attached hydrogens (tertiary/aromatic N) is 1. The van der Waals surface area contributed by atoms with Gasteiger partial charge in [-0.3, -0.25) is 0 Å². The zero-order chi connectivity index (χ0) is 11.1. The number of methoxy groups -OCH3 is 1. The van der Waals surface area contributed by atoms with Gasteiger partial charge in [0.2, 0.25) is 0 Å². The van der Waals surface area contributed by atoms with Gasteiger partial charge in [0.25, 0.3) is 0 Å². The maximum Gasteiger partial charge on any atom is 0.0545 e. The van der Waals surface area contributed by atoms with E-state index < -0.39 is 0 Å². The number of piperidine rings is 1. The van der Waals surface area contributed by atoms with Crippen LogP contribution >= 0.6 is 0 Å². The Kier molecular flexibility index (Phi) is 2.73. The van der Waals surface area contributed by atoms with Crippen molar-refractivity contribution in [2.24, 2.45) is 10.8 Å². The lowest BCUT2D eigenvalue weighted by atomic mass is 9.76. The minimum Gasteiger partial charge on any atom is -0.384 e. The van der Waals surface area contributed by atoms with Crippen LogP contribution < -0.4 is 0 Å². The van der Waals surface area contributed by atoms with Crippen LogP contribution in [0, 0.1) is 10.8 Å². The predicted octanol–water partition coefficient (Wildman–Crippen LogP) is 1.53. The molecule has 0 aromatic rings. The maximum absolute atomic E-state index is 5.36. The smallest absolute Gasteiger partial charge is 0.0545 e. The van der Waals surface area contributed by atoms with Gasteiger partial charge in [-0.25, -0.2) is 0 Å². The van der Waals surface area contributed by atoms with E-state index >= 15 is 0 Å². The van der Waals surface area contributed by atoms with Crippen molar-refractivity contribution >= 4 is 0 Å². The van der Waals surface area contributed by atoms with Gasteiger partial charge in [-0.2, -0.15) is 0 Å². The first-order valence-electron chi connectivity index (χ1n) is 6.55. The zero-order valence-electron chi connectivity index (χ0n) is 10.3. The molecular weight excluding hydrogens is 202 g/mol. The number of hydrogen-bond donors (Lipinski definition) is 0. The lowest BCUT2D eigenvalue weighted by Gasteiger charge is -2.47. The monoisotopic (exact) mass is 225 g/mol. The molecule has 1 saturated carbocycles. The summed E-state index contributed by atoms with van der Waals surface area (Å²) in [7, 11) is 1.83. The molecule has 16 heavy (non-hydrogen) atoms. The Morgan fingerprint density at radius 1 is 1.12 bits per heavy atom. The van der Waals surface area contributed by atoms with Crippen LogP contribution in [0.15, 0.2) is 0 Å². The SMILES string of the molecule is COCC1(CN2CCC3(CC2)COC3)CC1. The van der Waals surface area contributed by atoms with Gasteiger partial charge >= 0.3 is 0 Å². The molecule has 92 valence electrons. The van der Waals surface area contributed by atoms with Crippen molar-refractivity contribution in [2.75, 3.05) is 46.6 Å². The molecule has 0 unspecified atom stereocenters. The first kappa shape index (κ1) is 11.0. The summed E-state index contributed by atoms with van der Waals surface area (Å²) >= 11 is 0. The van der Waals surface area contributed by atoms with Crippen LogP contribution in [-0.2, 0) is 9.47 Å². The Labute approximate surface area is 98.1 Å². The van der Waals surface area contributed by atoms with E-state index in [2.05, 4.69) is 4.90 Å². The summed E-state index contributed by atoms with van der Waals surface area (Å²) in [6, 6.07) is 0. The van der Waals surface area contributed by atoms with E-state index in [0.29, 0.717) is 10.8 Å². The van der Waals surface area contributed by atoms with Crippen molar-refractivity contribution in [3.63, 3.8) is 0 Å². The normalized spacial score (nSPS) is 31.3. The highest BCUT2D eigenvalue weighted by molar-refractivity contribution is 4.98. The van der Waals surface area contributed by atoms with Crippen LogP contribution in [-0.4, -0.2) is 51.5 Å². The van der Waals surface area contributed by atoms with E-state index in [0.717, 1.165) is 19.8 Å². The number of ether oxygens (including phenoxy) is 2. The van der Waals surface area contributed by atoms with Gasteiger partial charge in [0.05, 0.1) is 19.8 Å². The minimum absolute atomic E-state index is 0.523. The molecular formula is C13H23NO2. The maximum atomic E-state index is 5.36. The first-order chi connectivity index (χ1) is 7.76. The lowest BCUT2D eigenvalue weighted by Crippen LogP contribution is -2.51. The van der Waals surface area contributed by atoms with Crippen molar-refractivity contribution in [1.82, 2.24) is 4.90 Å². The molecule has 2 aliphatic heterocycles. The van der Waals surface area contributed by atoms with Crippen LogP contribution in [0.2, 0.25) is 0 Å². The Bertz CT molecular complexity index is 249. The van der Waals surface area contributed by atoms with E-state index in [4.69, 9.17) is 9.47 Å². The van der Waals surface area contributed by atoms with Crippen molar-refractivity contribution in [2.45, 2.75) is 25.7 Å². The molecule has 0 N–H and O–H groups in total. The summed E-state index contributed by atoms with van der Waals surface area (Å²) in [5.74, 6) is 0. The van der Waals surface area contributed by atoms with Gasteiger partial charge in [0.15, 0.2) is 0 Å². The third-order valence-corrected chi connectivity index (χ3v) is 4.70. The quantitative estimate of drug-likeness (QED) is 0.724. The summed E-state index contributed by atoms with van der Waals surface area (Å²) < 4.78 is 10.7. The van der Waals surface area contributed by atoms with Crippen molar-refractivity contribution in [3.05, 3.63) is 0 Å². The number of hydrogen-bond acceptors (Lipinski definition) is 3. The molecule has 3 rings (SSSR count). The molecule has 1 spiro atoms. The average molecular weight is 225 g/mol. The Morgan fingerprint density at radius 3 is 2.25 bits per heavy atom. The second-order valence-corrected chi connectivity index (χ2v) is 6.20. The highest BCUT2D eigenvalue weighted by Crippen LogP contribution is 2.47. The van der Waals surface area contributed by atoms with Crippen LogP contribution in [0.1, 0.15) is 25.7 Å². The molecule has 0 aromatic heterocycles. The van der Waals surface area contributed by atoms with Crippen LogP contribution in [0.25, 0.3) is 0 Å². The van der Waals surface area contributed by atoms with E-state index in [9.17, 15) is 0 Å². The van der Waals surface area contributed by atoms with Gasteiger partial charge in [0.1, 0.15) is 0 Å². The van der Waals surface area contributed by atoms with Gasteiger partial charge in [-0.1, -0.05) is 0 Å². The Morgan fingerprint density at radius 2 is 1.81 bits per heavy atom. The zero-order valence-corrected chi connectivity index (χ0v) is 10.3. The van der Waals surface area contributed by atoms with Gasteiger partial charge in [-0.15, -0.1) is 0 Å². The van der Waals surface area contributed by atoms with E-state index in [1.807, 2.05) is 7.11 Å². The van der Waals surface area contributed by atoms with Crippen LogP contribution in [0.3, 0.4) is 0 Å². The largest absolute Gasteiger partial charge is 0.384 e. The number of likely N-dealkylation sites (tertiary alicyclic amines) is 1. The van der Waals surface area contributed by atoms with E-state index in [1.165, 1.54) is 45.3 Å². The van der Waals surface area contributed by atoms with E-state index in [-0.39, 0.29) is 0 Å². The molecule has 0 bridgehead atoms. The minimum atomic E-state index is 0.523. The third-order valence-electron chi connectivity index (χ3n) is 4.70. The molecule has 3 aliphatic rings. The third kappa shape index (κ3) is 2.01. The van der Waals surface area contributed by atoms with Gasteiger partial charge in [0, 0.05) is 24.5 Å². The molecule has 3 heteroatoms. The molecule has 0 radical (unpaired) electrons. The molecule has 0 aromatic carbocycles. The molecule has 3 nitrogen and oxygen atoms in total. The van der Waals surface area contributed by atoms with Crippen LogP contribution in [0.5, 0.6) is 0 Å². The average Bonchev–Trinajstić information content (AvgIpc) is 2.97. The predicted molar refractivity (Wildman–Crippen MR) is 62.5 cm³/mol. The summed E-state index contributed by atoms with van der Waals surface area (Å²) in [5, 5.41) is 0. The molecule has 0 amide bonds. The summed E-state index contributed by atoms with van der Waals surface area (Å²) in [6.07, 6.45) is 5.42. The molecule has 1 aliphatic carbocycles. The molecule has 3 fully saturated rings. The summed E-state index contributed by atoms with van der Waals surface area (Å²) in [6.45, 7) is 6.80. The van der Waals surface area contributed by atoms with Gasteiger partial charge < -0.3 is 14.4 Å². The second-order valence-electron chi connectivity index (χ2n) is 6.20. The molecule has 2 saturated heterocycles. The highest BCUT2D eigenvalue weighted by Gasteiger charge is 2.46. The Hall–Kier alpha value is -0.120. The van der Waals surface area contributed by atoms with Crippen molar-refractivity contribution in [3.8, 4) is 0 Å². The lowest BCUT2D eigenvalue weighted by molar-refractivity contribution is -0.141. The van der Waals surface area contributed by atoms with Crippen molar-refractivity contribution in [1.29, 1.82) is 0 Å². The fraction of sp³-hybridized carbons (Fsp3) is 1.00. The first-order valence-corrected chi connectivity index (χ1v) is 6.55. The van der Waals surface area contributed by atoms with E-state index in [1.54, 1.807) is 0 Å². The summed E-state index contributed by atoms with van der Waals surface area (Å²) in [4.78, 5) is 2.65. The molecule has 2 heterocycles. The number of rotatable bonds is 4. The van der Waals surface area contributed by atoms with Crippen molar-refractivity contribution < 1.29 is 9.47 Å². The highest BCUT2D eigenvalue weighted by atomic mass is 16.5. The van der Waals surface area contributed by atoms with Gasteiger partial charge in [-0.05, 0) is 38.8 Å². The van der Waals surface area contributed by atoms with Crippen LogP contribution in [0.4, 0.5) is 0 Å². The summed E-state index contributed by atoms with van der Waals surface area (Å²) in [5.41, 5.74) is 1.10. The second kappa shape index (κ2) is 3.97. The fourth-order valence-corrected chi connectivity index (χ4v) is 3.17. The molecule has 0 atom stereocenters. The topological polar surface area (TPSA) is 21.7 Å². The fourth-order valence-electron chi connectivity index (χ4n) is 3.17. The Balaban J connectivity index is 1.47. The standard InChI is InChI=1S/C13H23NO2/c1-15-9-12(2-3-12)8-14-6-4-13(5-7-14)10-16-11-13/h2-11H2,1H3.